The topological polar surface area (TPSA) is 45.7 Å². The quantitative estimate of drug-likeness (QED) is 0.258. The molecule has 0 unspecified atom stereocenters. The van der Waals surface area contributed by atoms with Crippen LogP contribution in [0, 0.1) is 11.8 Å². The molecule has 1 saturated carbocycles. The summed E-state index contributed by atoms with van der Waals surface area (Å²) in [4.78, 5) is 4.56. The second kappa shape index (κ2) is 12.7. The Kier molecular flexibility index (Phi) is 12.7. The van der Waals surface area contributed by atoms with Crippen molar-refractivity contribution in [3.8, 4) is 0 Å². The minimum absolute atomic E-state index is 0. The van der Waals surface area contributed by atoms with E-state index < -0.39 is 0 Å². The Morgan fingerprint density at radius 1 is 1.30 bits per heavy atom. The summed E-state index contributed by atoms with van der Waals surface area (Å²) < 4.78 is 5.60. The average Bonchev–Trinajstić information content (AvgIpc) is 3.17. The number of halogens is 1. The summed E-state index contributed by atoms with van der Waals surface area (Å²) in [5.41, 5.74) is 0. The van der Waals surface area contributed by atoms with Crippen LogP contribution < -0.4 is 10.6 Å². The monoisotopic (exact) mass is 397 g/mol. The molecule has 1 aliphatic rings. The third-order valence-electron chi connectivity index (χ3n) is 3.13. The van der Waals surface area contributed by atoms with Crippen molar-refractivity contribution in [1.82, 2.24) is 10.6 Å². The first-order valence-electron chi connectivity index (χ1n) is 7.82. The number of nitrogens with zero attached hydrogens (tertiary/aromatic N) is 1. The molecule has 0 aromatic heterocycles. The summed E-state index contributed by atoms with van der Waals surface area (Å²) in [7, 11) is 0. The third kappa shape index (κ3) is 11.8. The molecule has 5 heteroatoms. The first-order valence-corrected chi connectivity index (χ1v) is 7.82. The molecular weight excluding hydrogens is 365 g/mol. The maximum absolute atomic E-state index is 5.60. The van der Waals surface area contributed by atoms with Gasteiger partial charge >= 0.3 is 0 Å². The SMILES string of the molecule is CCNC(=NCCCOCC1CC1)NCCC(C)C.I. The number of guanidine groups is 1. The van der Waals surface area contributed by atoms with Crippen LogP contribution in [0.2, 0.25) is 0 Å². The van der Waals surface area contributed by atoms with Crippen molar-refractivity contribution in [2.45, 2.75) is 46.5 Å². The highest BCUT2D eigenvalue weighted by Crippen LogP contribution is 2.28. The van der Waals surface area contributed by atoms with Gasteiger partial charge in [-0.1, -0.05) is 13.8 Å². The third-order valence-corrected chi connectivity index (χ3v) is 3.13. The fraction of sp³-hybridized carbons (Fsp3) is 0.933. The van der Waals surface area contributed by atoms with E-state index in [0.29, 0.717) is 0 Å². The Morgan fingerprint density at radius 2 is 2.05 bits per heavy atom. The maximum Gasteiger partial charge on any atom is 0.191 e. The Morgan fingerprint density at radius 3 is 2.65 bits per heavy atom. The van der Waals surface area contributed by atoms with Crippen molar-refractivity contribution >= 4 is 29.9 Å². The molecule has 0 aromatic rings. The normalized spacial score (nSPS) is 15.1. The van der Waals surface area contributed by atoms with Gasteiger partial charge in [-0.3, -0.25) is 4.99 Å². The molecule has 1 rings (SSSR count). The molecule has 4 nitrogen and oxygen atoms in total. The average molecular weight is 397 g/mol. The molecule has 1 fully saturated rings. The zero-order valence-corrected chi connectivity index (χ0v) is 15.6. The molecule has 0 atom stereocenters. The van der Waals surface area contributed by atoms with Crippen LogP contribution in [-0.2, 0) is 4.74 Å². The summed E-state index contributed by atoms with van der Waals surface area (Å²) >= 11 is 0. The highest BCUT2D eigenvalue weighted by atomic mass is 127. The molecule has 0 aliphatic heterocycles. The number of rotatable bonds is 10. The van der Waals surface area contributed by atoms with Gasteiger partial charge in [0, 0.05) is 32.8 Å². The Balaban J connectivity index is 0.00000361. The lowest BCUT2D eigenvalue weighted by molar-refractivity contribution is 0.123. The van der Waals surface area contributed by atoms with Gasteiger partial charge in [0.2, 0.25) is 0 Å². The molecule has 0 bridgehead atoms. The molecule has 0 heterocycles. The van der Waals surface area contributed by atoms with Crippen molar-refractivity contribution in [1.29, 1.82) is 0 Å². The van der Waals surface area contributed by atoms with Crippen LogP contribution in [0.25, 0.3) is 0 Å². The van der Waals surface area contributed by atoms with Crippen molar-refractivity contribution in [2.24, 2.45) is 16.8 Å². The summed E-state index contributed by atoms with van der Waals surface area (Å²) in [6.45, 7) is 11.1. The van der Waals surface area contributed by atoms with E-state index in [2.05, 4.69) is 36.4 Å². The lowest BCUT2D eigenvalue weighted by Crippen LogP contribution is -2.38. The van der Waals surface area contributed by atoms with E-state index in [1.165, 1.54) is 19.3 Å². The molecule has 1 aliphatic carbocycles. The zero-order valence-electron chi connectivity index (χ0n) is 13.3. The zero-order chi connectivity index (χ0) is 13.9. The van der Waals surface area contributed by atoms with E-state index in [0.717, 1.165) is 57.1 Å². The largest absolute Gasteiger partial charge is 0.381 e. The Hall–Kier alpha value is -0.0400. The van der Waals surface area contributed by atoms with Crippen LogP contribution in [0.15, 0.2) is 4.99 Å². The van der Waals surface area contributed by atoms with Gasteiger partial charge in [-0.15, -0.1) is 24.0 Å². The van der Waals surface area contributed by atoms with Crippen LogP contribution in [-0.4, -0.2) is 38.8 Å². The second-order valence-corrected chi connectivity index (χ2v) is 5.74. The number of hydrogen-bond donors (Lipinski definition) is 2. The standard InChI is InChI=1S/C15H31N3O.HI/c1-4-16-15(18-10-8-13(2)3)17-9-5-11-19-12-14-6-7-14;/h13-14H,4-12H2,1-3H3,(H2,16,17,18);1H. The van der Waals surface area contributed by atoms with Crippen LogP contribution in [0.5, 0.6) is 0 Å². The van der Waals surface area contributed by atoms with Crippen molar-refractivity contribution in [3.05, 3.63) is 0 Å². The minimum Gasteiger partial charge on any atom is -0.381 e. The minimum atomic E-state index is 0. The van der Waals surface area contributed by atoms with Crippen molar-refractivity contribution in [2.75, 3.05) is 32.8 Å². The summed E-state index contributed by atoms with van der Waals surface area (Å²) in [5.74, 6) is 2.52. The smallest absolute Gasteiger partial charge is 0.191 e. The first kappa shape index (κ1) is 20.0. The van der Waals surface area contributed by atoms with Crippen LogP contribution in [0.4, 0.5) is 0 Å². The Bertz CT molecular complexity index is 256. The molecule has 120 valence electrons. The van der Waals surface area contributed by atoms with Crippen molar-refractivity contribution < 1.29 is 4.74 Å². The summed E-state index contributed by atoms with van der Waals surface area (Å²) in [6, 6.07) is 0. The van der Waals surface area contributed by atoms with Crippen molar-refractivity contribution in [3.63, 3.8) is 0 Å². The highest BCUT2D eigenvalue weighted by molar-refractivity contribution is 14.0. The van der Waals surface area contributed by atoms with Gasteiger partial charge in [0.1, 0.15) is 0 Å². The summed E-state index contributed by atoms with van der Waals surface area (Å²) in [5, 5.41) is 6.64. The molecular formula is C15H32IN3O. The number of nitrogens with one attached hydrogen (secondary N) is 2. The molecule has 20 heavy (non-hydrogen) atoms. The fourth-order valence-electron chi connectivity index (χ4n) is 1.71. The molecule has 2 N–H and O–H groups in total. The van der Waals surface area contributed by atoms with Crippen LogP contribution in [0.1, 0.15) is 46.5 Å². The molecule has 0 aromatic carbocycles. The lowest BCUT2D eigenvalue weighted by atomic mass is 10.1. The molecule has 0 saturated heterocycles. The van der Waals surface area contributed by atoms with Gasteiger partial charge < -0.3 is 15.4 Å². The Labute approximate surface area is 141 Å². The van der Waals surface area contributed by atoms with E-state index in [1.54, 1.807) is 0 Å². The maximum atomic E-state index is 5.60. The lowest BCUT2D eigenvalue weighted by Gasteiger charge is -2.12. The number of ether oxygens (including phenoxy) is 1. The van der Waals surface area contributed by atoms with Gasteiger partial charge in [-0.25, -0.2) is 0 Å². The van der Waals surface area contributed by atoms with Gasteiger partial charge in [0.15, 0.2) is 5.96 Å². The molecule has 0 radical (unpaired) electrons. The second-order valence-electron chi connectivity index (χ2n) is 5.74. The van der Waals surface area contributed by atoms with E-state index >= 15 is 0 Å². The number of hydrogen-bond acceptors (Lipinski definition) is 2. The van der Waals surface area contributed by atoms with E-state index in [9.17, 15) is 0 Å². The van der Waals surface area contributed by atoms with Crippen LogP contribution >= 0.6 is 24.0 Å². The fourth-order valence-corrected chi connectivity index (χ4v) is 1.71. The highest BCUT2D eigenvalue weighted by Gasteiger charge is 2.20. The van der Waals surface area contributed by atoms with Gasteiger partial charge in [-0.2, -0.15) is 0 Å². The molecule has 0 amide bonds. The number of aliphatic imine (C=N–C) groups is 1. The van der Waals surface area contributed by atoms with Gasteiger partial charge in [0.05, 0.1) is 0 Å². The molecule has 0 spiro atoms. The van der Waals surface area contributed by atoms with E-state index in [1.807, 2.05) is 0 Å². The summed E-state index contributed by atoms with van der Waals surface area (Å²) in [6.07, 6.45) is 4.91. The van der Waals surface area contributed by atoms with Gasteiger partial charge in [-0.05, 0) is 44.4 Å². The van der Waals surface area contributed by atoms with Crippen LogP contribution in [0.3, 0.4) is 0 Å². The van der Waals surface area contributed by atoms with Gasteiger partial charge in [0.25, 0.3) is 0 Å². The predicted molar refractivity (Wildman–Crippen MR) is 97.0 cm³/mol. The van der Waals surface area contributed by atoms with E-state index in [4.69, 9.17) is 4.74 Å². The van der Waals surface area contributed by atoms with E-state index in [-0.39, 0.29) is 24.0 Å². The first-order chi connectivity index (χ1) is 9.22. The predicted octanol–water partition coefficient (Wildman–Crippen LogP) is 3.02.